The highest BCUT2D eigenvalue weighted by atomic mass is 35.5. The van der Waals surface area contributed by atoms with Crippen molar-refractivity contribution in [2.75, 3.05) is 16.9 Å². The van der Waals surface area contributed by atoms with Gasteiger partial charge in [-0.05, 0) is 85.4 Å². The maximum atomic E-state index is 15.2. The highest BCUT2D eigenvalue weighted by Crippen LogP contribution is 2.64. The molecule has 2 aliphatic heterocycles. The number of fused-ring (bicyclic) bond motifs is 5. The van der Waals surface area contributed by atoms with E-state index in [1.807, 2.05) is 31.2 Å². The topological polar surface area (TPSA) is 162 Å². The van der Waals surface area contributed by atoms with Gasteiger partial charge in [-0.2, -0.15) is 5.10 Å². The van der Waals surface area contributed by atoms with Crippen LogP contribution in [0.2, 0.25) is 5.02 Å². The number of carbonyl (C=O) groups excluding carboxylic acids is 4. The zero-order valence-corrected chi connectivity index (χ0v) is 32.3. The van der Waals surface area contributed by atoms with E-state index < -0.39 is 65.8 Å². The molecular weight excluding hydrogens is 755 g/mol. The predicted molar refractivity (Wildman–Crippen MR) is 212 cm³/mol. The maximum absolute atomic E-state index is 15.2. The number of ether oxygens (including phenoxy) is 1. The molecule has 9 rings (SSSR count). The van der Waals surface area contributed by atoms with Crippen LogP contribution in [0.15, 0.2) is 78.4 Å². The van der Waals surface area contributed by atoms with Crippen molar-refractivity contribution >= 4 is 80.7 Å². The second kappa shape index (κ2) is 12.9. The normalized spacial score (nSPS) is 25.8. The van der Waals surface area contributed by atoms with Crippen LogP contribution >= 0.6 is 22.9 Å². The Bertz CT molecular complexity index is 2580. The number of imide groups is 2. The molecule has 2 aromatic heterocycles. The lowest BCUT2D eigenvalue weighted by atomic mass is 9.51. The number of hydrogen-bond donors (Lipinski definition) is 3. The molecule has 0 radical (unpaired) electrons. The molecule has 0 bridgehead atoms. The zero-order chi connectivity index (χ0) is 39.5. The summed E-state index contributed by atoms with van der Waals surface area (Å²) in [6, 6.07) is 18.1. The predicted octanol–water partition coefficient (Wildman–Crippen LogP) is 5.09. The molecule has 6 unspecified atom stereocenters. The molecule has 3 fully saturated rings. The molecule has 3 aromatic carbocycles. The molecule has 15 heteroatoms. The van der Waals surface area contributed by atoms with Gasteiger partial charge >= 0.3 is 7.12 Å². The number of thiophene rings is 1. The third-order valence-electron chi connectivity index (χ3n) is 12.4. The number of aromatic nitrogens is 2. The van der Waals surface area contributed by atoms with Gasteiger partial charge in [0.1, 0.15) is 23.0 Å². The number of hydrogen-bond acceptors (Lipinski definition) is 10. The molecule has 2 saturated heterocycles. The Hall–Kier alpha value is -5.28. The maximum Gasteiger partial charge on any atom is 0.488 e. The SMILES string of the molecule is COc1cc(O)ccc1C1C2=CCC3C(=O)N(c4cccc(B(O)O)c4)C(=O)C3C2CC2C(=O)N(c3cc(-c4sc5ccc(Cl)cc5c4C)nn3C)C(=O)C21C. The van der Waals surface area contributed by atoms with Crippen LogP contribution in [0.25, 0.3) is 20.7 Å². The first kappa shape index (κ1) is 36.4. The van der Waals surface area contributed by atoms with Gasteiger partial charge in [0.2, 0.25) is 23.6 Å². The van der Waals surface area contributed by atoms with Crippen molar-refractivity contribution in [2.24, 2.45) is 36.1 Å². The molecule has 4 aliphatic rings. The van der Waals surface area contributed by atoms with E-state index in [1.54, 1.807) is 49.6 Å². The van der Waals surface area contributed by atoms with Gasteiger partial charge in [0.05, 0.1) is 40.8 Å². The number of phenolic OH excluding ortho intramolecular Hbond substituents is 1. The molecule has 0 spiro atoms. The molecule has 4 heterocycles. The van der Waals surface area contributed by atoms with Crippen molar-refractivity contribution in [2.45, 2.75) is 32.6 Å². The van der Waals surface area contributed by atoms with E-state index >= 15 is 4.79 Å². The molecule has 4 amide bonds. The highest BCUT2D eigenvalue weighted by molar-refractivity contribution is 7.22. The second-order valence-electron chi connectivity index (χ2n) is 15.3. The van der Waals surface area contributed by atoms with E-state index in [0.717, 1.165) is 31.0 Å². The van der Waals surface area contributed by atoms with Gasteiger partial charge in [-0.3, -0.25) is 28.8 Å². The summed E-state index contributed by atoms with van der Waals surface area (Å²) in [6.45, 7) is 3.77. The average Bonchev–Trinajstić information content (AvgIpc) is 3.85. The van der Waals surface area contributed by atoms with E-state index in [1.165, 1.54) is 41.0 Å². The fourth-order valence-electron chi connectivity index (χ4n) is 9.81. The number of rotatable bonds is 6. The van der Waals surface area contributed by atoms with Gasteiger partial charge in [0, 0.05) is 40.4 Å². The molecule has 2 aliphatic carbocycles. The Kier molecular flexibility index (Phi) is 8.37. The fraction of sp³-hybridized carbons (Fsp3) is 0.293. The summed E-state index contributed by atoms with van der Waals surface area (Å²) in [6.07, 6.45) is 2.28. The summed E-state index contributed by atoms with van der Waals surface area (Å²) in [5, 5.41) is 36.5. The Morgan fingerprint density at radius 2 is 1.75 bits per heavy atom. The number of amides is 4. The lowest BCUT2D eigenvalue weighted by Crippen LogP contribution is -2.49. The Morgan fingerprint density at radius 3 is 2.50 bits per heavy atom. The number of phenols is 1. The lowest BCUT2D eigenvalue weighted by Gasteiger charge is -2.49. The number of carbonyl (C=O) groups is 4. The first-order chi connectivity index (χ1) is 26.7. The second-order valence-corrected chi connectivity index (χ2v) is 16.8. The van der Waals surface area contributed by atoms with Crippen LogP contribution in [0, 0.1) is 36.0 Å². The molecule has 5 aromatic rings. The van der Waals surface area contributed by atoms with E-state index in [0.29, 0.717) is 27.8 Å². The number of aromatic hydroxyl groups is 1. The average molecular weight is 791 g/mol. The van der Waals surface area contributed by atoms with Crippen LogP contribution in [-0.2, 0) is 26.2 Å². The van der Waals surface area contributed by atoms with Gasteiger partial charge in [-0.1, -0.05) is 41.4 Å². The van der Waals surface area contributed by atoms with Gasteiger partial charge < -0.3 is 19.9 Å². The minimum Gasteiger partial charge on any atom is -0.508 e. The molecule has 284 valence electrons. The van der Waals surface area contributed by atoms with Crippen molar-refractivity contribution < 1.29 is 39.1 Å². The van der Waals surface area contributed by atoms with Gasteiger partial charge in [0.15, 0.2) is 0 Å². The minimum atomic E-state index is -1.80. The zero-order valence-electron chi connectivity index (χ0n) is 30.8. The minimum absolute atomic E-state index is 0.0449. The monoisotopic (exact) mass is 790 g/mol. The number of nitrogens with zero attached hydrogens (tertiary/aromatic N) is 4. The summed E-state index contributed by atoms with van der Waals surface area (Å²) in [5.41, 5.74) is 1.89. The number of anilines is 2. The van der Waals surface area contributed by atoms with Gasteiger partial charge in [-0.15, -0.1) is 11.3 Å². The molecule has 3 N–H and O–H groups in total. The number of aryl methyl sites for hydroxylation is 2. The quantitative estimate of drug-likeness (QED) is 0.121. The molecule has 56 heavy (non-hydrogen) atoms. The van der Waals surface area contributed by atoms with E-state index in [9.17, 15) is 29.5 Å². The van der Waals surface area contributed by atoms with Gasteiger partial charge in [-0.25, -0.2) is 4.90 Å². The lowest BCUT2D eigenvalue weighted by molar-refractivity contribution is -0.131. The number of halogens is 1. The Morgan fingerprint density at radius 1 is 0.964 bits per heavy atom. The van der Waals surface area contributed by atoms with Crippen LogP contribution in [0.4, 0.5) is 11.5 Å². The summed E-state index contributed by atoms with van der Waals surface area (Å²) in [5.74, 6) is -5.01. The Labute approximate surface area is 330 Å². The Balaban J connectivity index is 1.16. The number of benzene rings is 3. The largest absolute Gasteiger partial charge is 0.508 e. The van der Waals surface area contributed by atoms with Gasteiger partial charge in [0.25, 0.3) is 0 Å². The fourth-order valence-corrected chi connectivity index (χ4v) is 11.1. The van der Waals surface area contributed by atoms with Crippen LogP contribution in [0.3, 0.4) is 0 Å². The third-order valence-corrected chi connectivity index (χ3v) is 14.0. The molecule has 1 saturated carbocycles. The third kappa shape index (κ3) is 5.09. The summed E-state index contributed by atoms with van der Waals surface area (Å²) in [4.78, 5) is 61.9. The van der Waals surface area contributed by atoms with Crippen molar-refractivity contribution in [3.63, 3.8) is 0 Å². The van der Waals surface area contributed by atoms with Crippen LogP contribution in [-0.4, -0.2) is 62.8 Å². The molecule has 6 atom stereocenters. The molecule has 12 nitrogen and oxygen atoms in total. The highest BCUT2D eigenvalue weighted by Gasteiger charge is 2.68. The first-order valence-electron chi connectivity index (χ1n) is 18.3. The van der Waals surface area contributed by atoms with E-state index in [-0.39, 0.29) is 29.7 Å². The van der Waals surface area contributed by atoms with E-state index in [2.05, 4.69) is 0 Å². The first-order valence-corrected chi connectivity index (χ1v) is 19.5. The number of methoxy groups -OCH3 is 1. The van der Waals surface area contributed by atoms with Crippen molar-refractivity contribution in [3.05, 3.63) is 94.5 Å². The summed E-state index contributed by atoms with van der Waals surface area (Å²) >= 11 is 7.86. The molecular formula is C41H36BClN4O8S. The van der Waals surface area contributed by atoms with Crippen molar-refractivity contribution in [1.29, 1.82) is 0 Å². The van der Waals surface area contributed by atoms with Crippen LogP contribution in [0.5, 0.6) is 11.5 Å². The van der Waals surface area contributed by atoms with E-state index in [4.69, 9.17) is 21.4 Å². The van der Waals surface area contributed by atoms with Crippen molar-refractivity contribution in [3.8, 4) is 22.1 Å². The van der Waals surface area contributed by atoms with Crippen LogP contribution in [0.1, 0.15) is 36.8 Å². The van der Waals surface area contributed by atoms with Crippen LogP contribution < -0.4 is 20.0 Å². The summed E-state index contributed by atoms with van der Waals surface area (Å²) in [7, 11) is 1.36. The smallest absolute Gasteiger partial charge is 0.488 e. The van der Waals surface area contributed by atoms with Crippen molar-refractivity contribution in [1.82, 2.24) is 9.78 Å². The standard InChI is InChI=1S/C41H36BClN4O8S/c1-19-27-15-21(43)8-13-32(27)56-36(19)30-18-33(45(3)44-30)47-38(50)29-17-28-24(35(41(29,2)40(47)52)25-10-9-23(48)16-31(25)55-4)11-12-26-34(28)39(51)46(37(26)49)22-7-5-6-20(14-22)42(53)54/h5-11,13-16,18,26,28-29,34-35,48,53-54H,12,17H2,1-4H3. The summed E-state index contributed by atoms with van der Waals surface area (Å²) < 4.78 is 8.35. The number of allylic oxidation sites excluding steroid dienone is 2.